The molecular formula is C12H21NOS. The van der Waals surface area contributed by atoms with E-state index in [1.54, 1.807) is 7.11 Å². The second kappa shape index (κ2) is 5.64. The summed E-state index contributed by atoms with van der Waals surface area (Å²) in [6.07, 6.45) is 2.23. The lowest BCUT2D eigenvalue weighted by molar-refractivity contribution is -0.0102. The van der Waals surface area contributed by atoms with Crippen LogP contribution in [0.2, 0.25) is 0 Å². The quantitative estimate of drug-likeness (QED) is 0.807. The number of likely N-dealkylation sites (N-methyl/N-ethyl adjacent to an activating group) is 1. The van der Waals surface area contributed by atoms with E-state index >= 15 is 0 Å². The van der Waals surface area contributed by atoms with Gasteiger partial charge in [-0.25, -0.2) is 0 Å². The summed E-state index contributed by atoms with van der Waals surface area (Å²) >= 11 is 1.83. The molecule has 0 saturated carbocycles. The summed E-state index contributed by atoms with van der Waals surface area (Å²) in [4.78, 5) is 1.45. The second-order valence-electron chi connectivity index (χ2n) is 4.27. The zero-order valence-corrected chi connectivity index (χ0v) is 10.9. The van der Waals surface area contributed by atoms with E-state index in [4.69, 9.17) is 4.74 Å². The minimum atomic E-state index is -0.105. The minimum Gasteiger partial charge on any atom is -0.377 e. The Bertz CT molecular complexity index is 269. The minimum absolute atomic E-state index is 0.105. The Morgan fingerprint density at radius 3 is 2.73 bits per heavy atom. The molecule has 0 fully saturated rings. The van der Waals surface area contributed by atoms with Gasteiger partial charge in [-0.3, -0.25) is 0 Å². The molecule has 0 radical (unpaired) electrons. The van der Waals surface area contributed by atoms with Gasteiger partial charge in [-0.1, -0.05) is 6.07 Å². The highest BCUT2D eigenvalue weighted by molar-refractivity contribution is 7.09. The average Bonchev–Trinajstić information content (AvgIpc) is 2.71. The molecule has 0 amide bonds. The van der Waals surface area contributed by atoms with Crippen molar-refractivity contribution in [2.75, 3.05) is 14.2 Å². The molecule has 0 aromatic carbocycles. The molecule has 86 valence electrons. The van der Waals surface area contributed by atoms with Crippen LogP contribution >= 0.6 is 11.3 Å². The molecule has 0 saturated heterocycles. The van der Waals surface area contributed by atoms with Crippen LogP contribution in [0, 0.1) is 0 Å². The van der Waals surface area contributed by atoms with Gasteiger partial charge in [-0.2, -0.15) is 0 Å². The maximum atomic E-state index is 5.50. The molecule has 1 rings (SSSR count). The predicted molar refractivity (Wildman–Crippen MR) is 66.6 cm³/mol. The van der Waals surface area contributed by atoms with Gasteiger partial charge in [0.05, 0.1) is 5.60 Å². The third-order valence-corrected chi connectivity index (χ3v) is 3.91. The van der Waals surface area contributed by atoms with Crippen LogP contribution in [0.4, 0.5) is 0 Å². The average molecular weight is 227 g/mol. The molecule has 2 nitrogen and oxygen atoms in total. The van der Waals surface area contributed by atoms with E-state index in [0.29, 0.717) is 6.04 Å². The van der Waals surface area contributed by atoms with Crippen molar-refractivity contribution in [2.45, 2.75) is 38.3 Å². The van der Waals surface area contributed by atoms with Crippen LogP contribution < -0.4 is 5.32 Å². The van der Waals surface area contributed by atoms with Gasteiger partial charge in [0.15, 0.2) is 0 Å². The van der Waals surface area contributed by atoms with Gasteiger partial charge in [0.2, 0.25) is 0 Å². The lowest BCUT2D eigenvalue weighted by Gasteiger charge is -2.32. The topological polar surface area (TPSA) is 21.3 Å². The van der Waals surface area contributed by atoms with Crippen LogP contribution in [0.3, 0.4) is 0 Å². The maximum Gasteiger partial charge on any atom is 0.0775 e. The zero-order chi connectivity index (χ0) is 11.3. The Kier molecular flexibility index (Phi) is 4.77. The van der Waals surface area contributed by atoms with Gasteiger partial charge < -0.3 is 10.1 Å². The summed E-state index contributed by atoms with van der Waals surface area (Å²) in [7, 11) is 3.77. The summed E-state index contributed by atoms with van der Waals surface area (Å²) in [6, 6.07) is 4.69. The molecule has 3 heteroatoms. The molecule has 1 unspecified atom stereocenters. The van der Waals surface area contributed by atoms with E-state index in [0.717, 1.165) is 12.8 Å². The van der Waals surface area contributed by atoms with Crippen molar-refractivity contribution >= 4 is 11.3 Å². The molecule has 1 aromatic rings. The highest BCUT2D eigenvalue weighted by Crippen LogP contribution is 2.20. The Hall–Kier alpha value is -0.380. The van der Waals surface area contributed by atoms with E-state index in [1.807, 2.05) is 18.4 Å². The van der Waals surface area contributed by atoms with Crippen molar-refractivity contribution < 1.29 is 4.74 Å². The van der Waals surface area contributed by atoms with Gasteiger partial charge in [0, 0.05) is 18.0 Å². The molecule has 1 heterocycles. The summed E-state index contributed by atoms with van der Waals surface area (Å²) < 4.78 is 5.50. The first-order valence-electron chi connectivity index (χ1n) is 5.35. The molecule has 1 aromatic heterocycles. The van der Waals surface area contributed by atoms with Crippen LogP contribution in [-0.2, 0) is 11.2 Å². The first-order valence-corrected chi connectivity index (χ1v) is 6.23. The molecule has 1 atom stereocenters. The lowest BCUT2D eigenvalue weighted by Crippen LogP contribution is -2.46. The van der Waals surface area contributed by atoms with E-state index in [9.17, 15) is 0 Å². The molecular weight excluding hydrogens is 206 g/mol. The Balaban J connectivity index is 2.47. The third-order valence-electron chi connectivity index (χ3n) is 2.97. The number of hydrogen-bond donors (Lipinski definition) is 1. The second-order valence-corrected chi connectivity index (χ2v) is 5.30. The lowest BCUT2D eigenvalue weighted by atomic mass is 9.94. The Morgan fingerprint density at radius 2 is 2.27 bits per heavy atom. The molecule has 0 aliphatic carbocycles. The van der Waals surface area contributed by atoms with Crippen LogP contribution in [0.5, 0.6) is 0 Å². The molecule has 0 aliphatic heterocycles. The van der Waals surface area contributed by atoms with E-state index < -0.39 is 0 Å². The van der Waals surface area contributed by atoms with Crippen LogP contribution in [0.25, 0.3) is 0 Å². The fourth-order valence-electron chi connectivity index (χ4n) is 1.72. The van der Waals surface area contributed by atoms with Crippen molar-refractivity contribution in [3.05, 3.63) is 22.4 Å². The smallest absolute Gasteiger partial charge is 0.0775 e. The molecule has 0 bridgehead atoms. The van der Waals surface area contributed by atoms with E-state index in [-0.39, 0.29) is 5.60 Å². The van der Waals surface area contributed by atoms with Crippen molar-refractivity contribution in [1.29, 1.82) is 0 Å². The third kappa shape index (κ3) is 3.59. The monoisotopic (exact) mass is 227 g/mol. The number of methoxy groups -OCH3 is 1. The number of ether oxygens (including phenoxy) is 1. The predicted octanol–water partition coefficient (Wildman–Crippen LogP) is 2.69. The van der Waals surface area contributed by atoms with Gasteiger partial charge in [0.1, 0.15) is 0 Å². The number of thiophene rings is 1. The van der Waals surface area contributed by atoms with Crippen molar-refractivity contribution in [1.82, 2.24) is 5.32 Å². The van der Waals surface area contributed by atoms with E-state index in [2.05, 4.69) is 36.7 Å². The number of rotatable bonds is 6. The first-order chi connectivity index (χ1) is 7.10. The van der Waals surface area contributed by atoms with Gasteiger partial charge >= 0.3 is 0 Å². The summed E-state index contributed by atoms with van der Waals surface area (Å²) in [5, 5.41) is 5.47. The number of hydrogen-bond acceptors (Lipinski definition) is 3. The van der Waals surface area contributed by atoms with Gasteiger partial charge in [-0.05, 0) is 45.2 Å². The molecule has 15 heavy (non-hydrogen) atoms. The van der Waals surface area contributed by atoms with Crippen molar-refractivity contribution in [3.63, 3.8) is 0 Å². The fraction of sp³-hybridized carbons (Fsp3) is 0.667. The maximum absolute atomic E-state index is 5.50. The summed E-state index contributed by atoms with van der Waals surface area (Å²) in [5.41, 5.74) is -0.105. The highest BCUT2D eigenvalue weighted by Gasteiger charge is 2.27. The largest absolute Gasteiger partial charge is 0.377 e. The molecule has 0 aliphatic rings. The van der Waals surface area contributed by atoms with Crippen LogP contribution in [0.15, 0.2) is 17.5 Å². The first kappa shape index (κ1) is 12.7. The van der Waals surface area contributed by atoms with Gasteiger partial charge in [-0.15, -0.1) is 11.3 Å². The number of nitrogens with one attached hydrogen (secondary N) is 1. The zero-order valence-electron chi connectivity index (χ0n) is 10.0. The summed E-state index contributed by atoms with van der Waals surface area (Å²) in [5.74, 6) is 0. The number of aryl methyl sites for hydroxylation is 1. The summed E-state index contributed by atoms with van der Waals surface area (Å²) in [6.45, 7) is 4.26. The molecule has 1 N–H and O–H groups in total. The van der Waals surface area contributed by atoms with Crippen LogP contribution in [-0.4, -0.2) is 25.8 Å². The highest BCUT2D eigenvalue weighted by atomic mass is 32.1. The van der Waals surface area contributed by atoms with Crippen molar-refractivity contribution in [3.8, 4) is 0 Å². The molecule has 0 spiro atoms. The normalized spacial score (nSPS) is 14.1. The van der Waals surface area contributed by atoms with Gasteiger partial charge in [0.25, 0.3) is 0 Å². The SMILES string of the molecule is CNC(CCc1cccs1)C(C)(C)OC. The standard InChI is InChI=1S/C12H21NOS/c1-12(2,14-4)11(13-3)8-7-10-6-5-9-15-10/h5-6,9,11,13H,7-8H2,1-4H3. The van der Waals surface area contributed by atoms with Crippen molar-refractivity contribution in [2.24, 2.45) is 0 Å². The van der Waals surface area contributed by atoms with Crippen LogP contribution in [0.1, 0.15) is 25.1 Å². The Labute approximate surface area is 96.7 Å². The van der Waals surface area contributed by atoms with E-state index in [1.165, 1.54) is 4.88 Å². The fourth-order valence-corrected chi connectivity index (χ4v) is 2.45. The Morgan fingerprint density at radius 1 is 1.53 bits per heavy atom.